The predicted octanol–water partition coefficient (Wildman–Crippen LogP) is 2.03. The number of aliphatic imine (C=N–C) groups is 1. The minimum absolute atomic E-state index is 0.875. The molecule has 4 nitrogen and oxygen atoms in total. The maximum atomic E-state index is 4.44. The van der Waals surface area contributed by atoms with Crippen LogP contribution in [0.4, 0.5) is 0 Å². The Morgan fingerprint density at radius 1 is 1.00 bits per heavy atom. The monoisotopic (exact) mass is 280 g/mol. The Hall–Kier alpha value is -0.770. The lowest BCUT2D eigenvalue weighted by atomic mass is 9.99. The molecule has 2 heterocycles. The Balaban J connectivity index is 1.66. The van der Waals surface area contributed by atoms with Crippen molar-refractivity contribution in [3.8, 4) is 0 Å². The van der Waals surface area contributed by atoms with Crippen molar-refractivity contribution in [3.63, 3.8) is 0 Å². The van der Waals surface area contributed by atoms with Gasteiger partial charge in [0.2, 0.25) is 0 Å². The molecule has 2 aliphatic rings. The SMILES string of the molecule is CN=C(NCCN1CCC(C)CC1)N1CCC(C)CC1. The highest BCUT2D eigenvalue weighted by Crippen LogP contribution is 2.16. The molecular formula is C16H32N4. The number of hydrogen-bond acceptors (Lipinski definition) is 2. The second kappa shape index (κ2) is 7.87. The molecule has 2 fully saturated rings. The molecule has 0 saturated carbocycles. The van der Waals surface area contributed by atoms with Crippen LogP contribution in [0.25, 0.3) is 0 Å². The zero-order valence-corrected chi connectivity index (χ0v) is 13.6. The van der Waals surface area contributed by atoms with Gasteiger partial charge in [0, 0.05) is 33.2 Å². The third-order valence-corrected chi connectivity index (χ3v) is 4.88. The molecule has 0 unspecified atom stereocenters. The molecule has 0 amide bonds. The van der Waals surface area contributed by atoms with Crippen molar-refractivity contribution in [2.24, 2.45) is 16.8 Å². The van der Waals surface area contributed by atoms with Crippen LogP contribution in [0.5, 0.6) is 0 Å². The van der Waals surface area contributed by atoms with Gasteiger partial charge in [-0.2, -0.15) is 0 Å². The van der Waals surface area contributed by atoms with E-state index in [2.05, 4.69) is 34.0 Å². The number of guanidine groups is 1. The Kier molecular flexibility index (Phi) is 6.14. The van der Waals surface area contributed by atoms with E-state index in [1.165, 1.54) is 38.8 Å². The van der Waals surface area contributed by atoms with Crippen molar-refractivity contribution in [2.45, 2.75) is 39.5 Å². The number of hydrogen-bond donors (Lipinski definition) is 1. The molecule has 0 aromatic heterocycles. The van der Waals surface area contributed by atoms with Gasteiger partial charge in [0.05, 0.1) is 0 Å². The van der Waals surface area contributed by atoms with Gasteiger partial charge in [0.25, 0.3) is 0 Å². The molecule has 0 bridgehead atoms. The fourth-order valence-corrected chi connectivity index (χ4v) is 3.16. The van der Waals surface area contributed by atoms with E-state index in [0.717, 1.165) is 44.0 Å². The normalized spacial score (nSPS) is 24.1. The van der Waals surface area contributed by atoms with E-state index in [1.807, 2.05) is 7.05 Å². The van der Waals surface area contributed by atoms with Crippen molar-refractivity contribution < 1.29 is 0 Å². The van der Waals surface area contributed by atoms with Crippen LogP contribution in [0.2, 0.25) is 0 Å². The van der Waals surface area contributed by atoms with E-state index >= 15 is 0 Å². The lowest BCUT2D eigenvalue weighted by Crippen LogP contribution is -2.47. The first kappa shape index (κ1) is 15.6. The van der Waals surface area contributed by atoms with Crippen molar-refractivity contribution in [2.75, 3.05) is 46.3 Å². The maximum absolute atomic E-state index is 4.44. The molecule has 0 radical (unpaired) electrons. The van der Waals surface area contributed by atoms with E-state index < -0.39 is 0 Å². The smallest absolute Gasteiger partial charge is 0.193 e. The van der Waals surface area contributed by atoms with Crippen molar-refractivity contribution in [1.29, 1.82) is 0 Å². The van der Waals surface area contributed by atoms with E-state index in [-0.39, 0.29) is 0 Å². The van der Waals surface area contributed by atoms with Gasteiger partial charge < -0.3 is 15.1 Å². The summed E-state index contributed by atoms with van der Waals surface area (Å²) in [5.41, 5.74) is 0. The van der Waals surface area contributed by atoms with Gasteiger partial charge >= 0.3 is 0 Å². The minimum atomic E-state index is 0.875. The molecule has 20 heavy (non-hydrogen) atoms. The summed E-state index contributed by atoms with van der Waals surface area (Å²) < 4.78 is 0. The zero-order chi connectivity index (χ0) is 14.4. The van der Waals surface area contributed by atoms with Crippen molar-refractivity contribution in [3.05, 3.63) is 0 Å². The number of piperidine rings is 2. The summed E-state index contributed by atoms with van der Waals surface area (Å²) in [5, 5.41) is 3.55. The molecule has 116 valence electrons. The third kappa shape index (κ3) is 4.65. The second-order valence-corrected chi connectivity index (χ2v) is 6.67. The molecule has 4 heteroatoms. The van der Waals surface area contributed by atoms with Crippen LogP contribution in [-0.2, 0) is 0 Å². The minimum Gasteiger partial charge on any atom is -0.355 e. The summed E-state index contributed by atoms with van der Waals surface area (Å²) in [6.07, 6.45) is 5.31. The quantitative estimate of drug-likeness (QED) is 0.634. The van der Waals surface area contributed by atoms with Crippen LogP contribution in [-0.4, -0.2) is 62.1 Å². The average Bonchev–Trinajstić information content (AvgIpc) is 2.47. The summed E-state index contributed by atoms with van der Waals surface area (Å²) >= 11 is 0. The summed E-state index contributed by atoms with van der Waals surface area (Å²) in [6, 6.07) is 0. The highest BCUT2D eigenvalue weighted by atomic mass is 15.3. The van der Waals surface area contributed by atoms with Gasteiger partial charge in [-0.05, 0) is 50.6 Å². The second-order valence-electron chi connectivity index (χ2n) is 6.67. The lowest BCUT2D eigenvalue weighted by Gasteiger charge is -2.34. The Morgan fingerprint density at radius 3 is 2.10 bits per heavy atom. The van der Waals surface area contributed by atoms with Crippen molar-refractivity contribution in [1.82, 2.24) is 15.1 Å². The van der Waals surface area contributed by atoms with Crippen LogP contribution in [0.1, 0.15) is 39.5 Å². The largest absolute Gasteiger partial charge is 0.355 e. The molecule has 2 saturated heterocycles. The molecule has 0 atom stereocenters. The fourth-order valence-electron chi connectivity index (χ4n) is 3.16. The first-order valence-electron chi connectivity index (χ1n) is 8.37. The van der Waals surface area contributed by atoms with Crippen LogP contribution in [0.3, 0.4) is 0 Å². The van der Waals surface area contributed by atoms with E-state index in [1.54, 1.807) is 0 Å². The first-order chi connectivity index (χ1) is 9.69. The van der Waals surface area contributed by atoms with Crippen LogP contribution >= 0.6 is 0 Å². The molecule has 0 spiro atoms. The lowest BCUT2D eigenvalue weighted by molar-refractivity contribution is 0.194. The predicted molar refractivity (Wildman–Crippen MR) is 86.2 cm³/mol. The first-order valence-corrected chi connectivity index (χ1v) is 8.37. The third-order valence-electron chi connectivity index (χ3n) is 4.88. The van der Waals surface area contributed by atoms with Gasteiger partial charge in [-0.1, -0.05) is 13.8 Å². The zero-order valence-electron chi connectivity index (χ0n) is 13.6. The summed E-state index contributed by atoms with van der Waals surface area (Å²) in [4.78, 5) is 9.44. The number of nitrogens with zero attached hydrogens (tertiary/aromatic N) is 3. The van der Waals surface area contributed by atoms with Gasteiger partial charge in [0.1, 0.15) is 0 Å². The molecule has 0 aliphatic carbocycles. The number of likely N-dealkylation sites (tertiary alicyclic amines) is 2. The number of nitrogens with one attached hydrogen (secondary N) is 1. The standard InChI is InChI=1S/C16H32N4/c1-14-4-9-19(10-5-14)13-8-18-16(17-3)20-11-6-15(2)7-12-20/h14-15H,4-13H2,1-3H3,(H,17,18). The van der Waals surface area contributed by atoms with Crippen LogP contribution in [0, 0.1) is 11.8 Å². The van der Waals surface area contributed by atoms with Crippen LogP contribution in [0.15, 0.2) is 4.99 Å². The topological polar surface area (TPSA) is 30.9 Å². The van der Waals surface area contributed by atoms with Gasteiger partial charge in [-0.3, -0.25) is 4.99 Å². The summed E-state index contributed by atoms with van der Waals surface area (Å²) in [5.74, 6) is 2.89. The van der Waals surface area contributed by atoms with E-state index in [0.29, 0.717) is 0 Å². The fraction of sp³-hybridized carbons (Fsp3) is 0.938. The summed E-state index contributed by atoms with van der Waals surface area (Å²) in [6.45, 7) is 11.7. The average molecular weight is 280 g/mol. The highest BCUT2D eigenvalue weighted by Gasteiger charge is 2.19. The Morgan fingerprint density at radius 2 is 1.55 bits per heavy atom. The van der Waals surface area contributed by atoms with Gasteiger partial charge in [0.15, 0.2) is 5.96 Å². The highest BCUT2D eigenvalue weighted by molar-refractivity contribution is 5.79. The summed E-state index contributed by atoms with van der Waals surface area (Å²) in [7, 11) is 1.91. The van der Waals surface area contributed by atoms with Gasteiger partial charge in [-0.25, -0.2) is 0 Å². The molecule has 2 rings (SSSR count). The number of rotatable bonds is 3. The van der Waals surface area contributed by atoms with E-state index in [4.69, 9.17) is 0 Å². The van der Waals surface area contributed by atoms with Gasteiger partial charge in [-0.15, -0.1) is 0 Å². The van der Waals surface area contributed by atoms with Crippen LogP contribution < -0.4 is 5.32 Å². The van der Waals surface area contributed by atoms with Crippen molar-refractivity contribution >= 4 is 5.96 Å². The molecule has 1 N–H and O–H groups in total. The molecule has 0 aromatic carbocycles. The molecule has 0 aromatic rings. The maximum Gasteiger partial charge on any atom is 0.193 e. The van der Waals surface area contributed by atoms with E-state index in [9.17, 15) is 0 Å². The molecule has 2 aliphatic heterocycles. The Labute approximate surface area is 124 Å². The molecular weight excluding hydrogens is 248 g/mol. The Bertz CT molecular complexity index is 300.